The molecule has 3 aliphatic heterocycles. The zero-order chi connectivity index (χ0) is 22.5. The second kappa shape index (κ2) is 8.43. The number of ether oxygens (including phenoxy) is 2. The molecule has 0 spiro atoms. The molecule has 2 aromatic rings. The van der Waals surface area contributed by atoms with Crippen molar-refractivity contribution in [1.29, 1.82) is 0 Å². The smallest absolute Gasteiger partial charge is 0.189 e. The van der Waals surface area contributed by atoms with Crippen LogP contribution in [0.4, 0.5) is 8.78 Å². The van der Waals surface area contributed by atoms with Crippen LogP contribution < -0.4 is 10.1 Å². The van der Waals surface area contributed by atoms with Crippen LogP contribution in [0.2, 0.25) is 5.02 Å². The Labute approximate surface area is 194 Å². The van der Waals surface area contributed by atoms with Crippen LogP contribution >= 0.6 is 23.4 Å². The fourth-order valence-corrected chi connectivity index (χ4v) is 8.68. The Morgan fingerprint density at radius 3 is 2.62 bits per heavy atom. The molecule has 0 aromatic heterocycles. The number of rotatable bonds is 4. The van der Waals surface area contributed by atoms with E-state index in [2.05, 4.69) is 5.32 Å². The molecule has 2 saturated heterocycles. The summed E-state index contributed by atoms with van der Waals surface area (Å²) in [5.74, 6) is -1.65. The van der Waals surface area contributed by atoms with Gasteiger partial charge in [0.25, 0.3) is 0 Å². The summed E-state index contributed by atoms with van der Waals surface area (Å²) in [7, 11) is -4.17. The van der Waals surface area contributed by atoms with Gasteiger partial charge in [-0.25, -0.2) is 17.2 Å². The predicted molar refractivity (Wildman–Crippen MR) is 119 cm³/mol. The third-order valence-electron chi connectivity index (χ3n) is 6.59. The molecule has 172 valence electrons. The van der Waals surface area contributed by atoms with Gasteiger partial charge in [-0.1, -0.05) is 11.6 Å². The van der Waals surface area contributed by atoms with E-state index in [0.29, 0.717) is 11.4 Å². The SMILES string of the molecule is O=S(=O)(c1ccc(Cl)cc1)[C@@]12CCO[C@@H](CC3NCCS3)C1COc1c(F)ccc(F)c12. The van der Waals surface area contributed by atoms with E-state index in [-0.39, 0.29) is 41.2 Å². The van der Waals surface area contributed by atoms with Crippen LogP contribution in [0.1, 0.15) is 18.4 Å². The van der Waals surface area contributed by atoms with Gasteiger partial charge >= 0.3 is 0 Å². The van der Waals surface area contributed by atoms with Crippen LogP contribution in [0.25, 0.3) is 0 Å². The topological polar surface area (TPSA) is 64.6 Å². The normalized spacial score (nSPS) is 29.8. The first kappa shape index (κ1) is 22.4. The molecule has 2 aromatic carbocycles. The molecule has 5 nitrogen and oxygen atoms in total. The summed E-state index contributed by atoms with van der Waals surface area (Å²) < 4.78 is 68.4. The highest BCUT2D eigenvalue weighted by molar-refractivity contribution is 8.00. The summed E-state index contributed by atoms with van der Waals surface area (Å²) in [6.45, 7) is 0.892. The summed E-state index contributed by atoms with van der Waals surface area (Å²) >= 11 is 7.72. The molecule has 2 fully saturated rings. The maximum atomic E-state index is 15.3. The number of hydrogen-bond donors (Lipinski definition) is 1. The van der Waals surface area contributed by atoms with Crippen molar-refractivity contribution in [3.05, 3.63) is 58.6 Å². The molecule has 10 heteroatoms. The molecule has 0 saturated carbocycles. The maximum absolute atomic E-state index is 15.3. The van der Waals surface area contributed by atoms with E-state index in [4.69, 9.17) is 21.1 Å². The largest absolute Gasteiger partial charge is 0.490 e. The molecule has 32 heavy (non-hydrogen) atoms. The highest BCUT2D eigenvalue weighted by Gasteiger charge is 2.61. The first-order chi connectivity index (χ1) is 15.3. The van der Waals surface area contributed by atoms with Crippen molar-refractivity contribution in [2.75, 3.05) is 25.5 Å². The fraction of sp³-hybridized carbons (Fsp3) is 0.455. The highest BCUT2D eigenvalue weighted by Crippen LogP contribution is 2.56. The van der Waals surface area contributed by atoms with Crippen molar-refractivity contribution in [1.82, 2.24) is 5.32 Å². The quantitative estimate of drug-likeness (QED) is 0.679. The summed E-state index contributed by atoms with van der Waals surface area (Å²) in [4.78, 5) is 0.0115. The summed E-state index contributed by atoms with van der Waals surface area (Å²) in [5.41, 5.74) is -0.232. The van der Waals surface area contributed by atoms with Crippen molar-refractivity contribution in [2.24, 2.45) is 5.92 Å². The van der Waals surface area contributed by atoms with Crippen molar-refractivity contribution in [3.63, 3.8) is 0 Å². The van der Waals surface area contributed by atoms with Crippen molar-refractivity contribution in [2.45, 2.75) is 34.0 Å². The van der Waals surface area contributed by atoms with Gasteiger partial charge in [0.05, 0.1) is 28.5 Å². The van der Waals surface area contributed by atoms with Crippen molar-refractivity contribution >= 4 is 33.2 Å². The molecule has 0 amide bonds. The Bertz CT molecular complexity index is 1130. The minimum Gasteiger partial charge on any atom is -0.490 e. The molecule has 4 atom stereocenters. The zero-order valence-electron chi connectivity index (χ0n) is 17.0. The van der Waals surface area contributed by atoms with Gasteiger partial charge in [0.15, 0.2) is 21.4 Å². The van der Waals surface area contributed by atoms with Gasteiger partial charge in [-0.15, -0.1) is 11.8 Å². The number of benzene rings is 2. The highest BCUT2D eigenvalue weighted by atomic mass is 35.5. The van der Waals surface area contributed by atoms with E-state index in [9.17, 15) is 12.8 Å². The molecular weight excluding hydrogens is 480 g/mol. The summed E-state index contributed by atoms with van der Waals surface area (Å²) in [5, 5.41) is 3.86. The Morgan fingerprint density at radius 1 is 1.16 bits per heavy atom. The van der Waals surface area contributed by atoms with E-state index < -0.39 is 38.2 Å². The average Bonchev–Trinajstić information content (AvgIpc) is 3.29. The number of fused-ring (bicyclic) bond motifs is 3. The average molecular weight is 502 g/mol. The predicted octanol–water partition coefficient (Wildman–Crippen LogP) is 4.14. The van der Waals surface area contributed by atoms with E-state index >= 15 is 4.39 Å². The minimum atomic E-state index is -4.17. The number of hydrogen-bond acceptors (Lipinski definition) is 6. The molecule has 3 aliphatic rings. The van der Waals surface area contributed by atoms with Gasteiger partial charge in [0, 0.05) is 29.8 Å². The number of thioether (sulfide) groups is 1. The number of halogens is 3. The minimum absolute atomic E-state index is 0.00109. The lowest BCUT2D eigenvalue weighted by atomic mass is 9.75. The van der Waals surface area contributed by atoms with Crippen molar-refractivity contribution in [3.8, 4) is 5.75 Å². The van der Waals surface area contributed by atoms with Gasteiger partial charge in [-0.3, -0.25) is 0 Å². The summed E-state index contributed by atoms with van der Waals surface area (Å²) in [6.07, 6.45) is 0.0500. The van der Waals surface area contributed by atoms with E-state index in [1.807, 2.05) is 0 Å². The van der Waals surface area contributed by atoms with Gasteiger partial charge < -0.3 is 14.8 Å². The summed E-state index contributed by atoms with van der Waals surface area (Å²) in [6, 6.07) is 7.73. The Morgan fingerprint density at radius 2 is 1.91 bits per heavy atom. The second-order valence-corrected chi connectivity index (χ2v) is 12.2. The van der Waals surface area contributed by atoms with Gasteiger partial charge in [0.2, 0.25) is 0 Å². The monoisotopic (exact) mass is 501 g/mol. The fourth-order valence-electron chi connectivity index (χ4n) is 5.12. The lowest BCUT2D eigenvalue weighted by Gasteiger charge is -2.50. The van der Waals surface area contributed by atoms with Crippen molar-refractivity contribution < 1.29 is 26.7 Å². The lowest BCUT2D eigenvalue weighted by molar-refractivity contribution is -0.0763. The second-order valence-electron chi connectivity index (χ2n) is 8.21. The first-order valence-corrected chi connectivity index (χ1v) is 13.3. The molecule has 5 rings (SSSR count). The lowest BCUT2D eigenvalue weighted by Crippen LogP contribution is -2.58. The van der Waals surface area contributed by atoms with Crippen LogP contribution in [0.3, 0.4) is 0 Å². The maximum Gasteiger partial charge on any atom is 0.189 e. The Balaban J connectivity index is 1.70. The van der Waals surface area contributed by atoms with Crippen LogP contribution in [-0.2, 0) is 19.3 Å². The van der Waals surface area contributed by atoms with Crippen LogP contribution in [0.5, 0.6) is 5.75 Å². The molecule has 0 aliphatic carbocycles. The van der Waals surface area contributed by atoms with Crippen LogP contribution in [0, 0.1) is 17.6 Å². The zero-order valence-corrected chi connectivity index (χ0v) is 19.4. The third-order valence-corrected chi connectivity index (χ3v) is 10.6. The number of nitrogens with one attached hydrogen (secondary N) is 1. The first-order valence-electron chi connectivity index (χ1n) is 10.4. The van der Waals surface area contributed by atoms with Gasteiger partial charge in [-0.2, -0.15) is 0 Å². The Hall–Kier alpha value is -1.39. The molecular formula is C22H22ClF2NO4S2. The molecule has 3 heterocycles. The molecule has 0 bridgehead atoms. The molecule has 2 unspecified atom stereocenters. The van der Waals surface area contributed by atoms with Crippen LogP contribution in [0.15, 0.2) is 41.3 Å². The van der Waals surface area contributed by atoms with Gasteiger partial charge in [-0.05, 0) is 49.2 Å². The Kier molecular flexibility index (Phi) is 5.90. The molecule has 0 radical (unpaired) electrons. The standard InChI is InChI=1S/C22H22ClF2NO4S2/c23-13-1-3-14(4-2-13)32(27,28)22-7-9-29-18(11-19-26-8-10-31-19)15(22)12-30-21-17(25)6-5-16(24)20(21)22/h1-6,15,18-19,26H,7-12H2/t15?,18-,19?,22-/m0/s1. The number of sulfone groups is 1. The van der Waals surface area contributed by atoms with Crippen LogP contribution in [-0.4, -0.2) is 45.4 Å². The third kappa shape index (κ3) is 3.44. The molecule has 1 N–H and O–H groups in total. The van der Waals surface area contributed by atoms with E-state index in [0.717, 1.165) is 24.4 Å². The van der Waals surface area contributed by atoms with Gasteiger partial charge in [0.1, 0.15) is 10.6 Å². The van der Waals surface area contributed by atoms with E-state index in [1.54, 1.807) is 11.8 Å². The van der Waals surface area contributed by atoms with E-state index in [1.165, 1.54) is 24.3 Å².